The second-order valence-corrected chi connectivity index (χ2v) is 4.04. The van der Waals surface area contributed by atoms with Crippen molar-refractivity contribution in [1.29, 1.82) is 0 Å². The van der Waals surface area contributed by atoms with E-state index in [4.69, 9.17) is 0 Å². The third-order valence-electron chi connectivity index (χ3n) is 2.15. The van der Waals surface area contributed by atoms with Crippen LogP contribution < -0.4 is 5.32 Å². The molecule has 2 aromatic heterocycles. The zero-order chi connectivity index (χ0) is 10.7. The van der Waals surface area contributed by atoms with Crippen LogP contribution in [0.4, 0.5) is 10.2 Å². The molecule has 1 atom stereocenters. The molecule has 0 saturated heterocycles. The minimum Gasteiger partial charge on any atom is -0.361 e. The largest absolute Gasteiger partial charge is 0.361 e. The number of aromatic nitrogens is 1. The number of anilines is 1. The Balaban J connectivity index is 2.13. The lowest BCUT2D eigenvalue weighted by Gasteiger charge is -2.13. The van der Waals surface area contributed by atoms with Gasteiger partial charge in [-0.25, -0.2) is 9.37 Å². The minimum atomic E-state index is -0.320. The van der Waals surface area contributed by atoms with Gasteiger partial charge in [-0.2, -0.15) is 11.3 Å². The predicted molar refractivity (Wildman–Crippen MR) is 60.6 cm³/mol. The van der Waals surface area contributed by atoms with Crippen LogP contribution in [-0.2, 0) is 0 Å². The lowest BCUT2D eigenvalue weighted by Crippen LogP contribution is -2.08. The standard InChI is InChI=1S/C11H11FN2S/c1-8(9-4-6-15-7-9)14-11-10(12)3-2-5-13-11/h2-8H,1H3,(H,13,14). The number of hydrogen-bond acceptors (Lipinski definition) is 3. The van der Waals surface area contributed by atoms with E-state index < -0.39 is 0 Å². The Hall–Kier alpha value is -1.42. The highest BCUT2D eigenvalue weighted by Gasteiger charge is 2.08. The Kier molecular flexibility index (Phi) is 2.97. The SMILES string of the molecule is CC(Nc1ncccc1F)c1ccsc1. The van der Waals surface area contributed by atoms with Crippen LogP contribution in [0.2, 0.25) is 0 Å². The Morgan fingerprint density at radius 2 is 2.33 bits per heavy atom. The van der Waals surface area contributed by atoms with Crippen molar-refractivity contribution in [2.45, 2.75) is 13.0 Å². The fourth-order valence-electron chi connectivity index (χ4n) is 1.30. The Labute approximate surface area is 91.8 Å². The average molecular weight is 222 g/mol. The summed E-state index contributed by atoms with van der Waals surface area (Å²) in [5, 5.41) is 7.08. The Bertz CT molecular complexity index is 428. The van der Waals surface area contributed by atoms with Gasteiger partial charge in [0.15, 0.2) is 11.6 Å². The first-order chi connectivity index (χ1) is 7.27. The van der Waals surface area contributed by atoms with Crippen molar-refractivity contribution in [3.05, 3.63) is 46.5 Å². The Morgan fingerprint density at radius 1 is 1.47 bits per heavy atom. The van der Waals surface area contributed by atoms with Crippen molar-refractivity contribution in [3.8, 4) is 0 Å². The second-order valence-electron chi connectivity index (χ2n) is 3.26. The number of nitrogens with zero attached hydrogens (tertiary/aromatic N) is 1. The van der Waals surface area contributed by atoms with Gasteiger partial charge in [0.2, 0.25) is 0 Å². The topological polar surface area (TPSA) is 24.9 Å². The summed E-state index contributed by atoms with van der Waals surface area (Å²) in [7, 11) is 0. The third-order valence-corrected chi connectivity index (χ3v) is 2.86. The van der Waals surface area contributed by atoms with Crippen LogP contribution in [0.15, 0.2) is 35.2 Å². The Morgan fingerprint density at radius 3 is 3.00 bits per heavy atom. The van der Waals surface area contributed by atoms with E-state index in [1.807, 2.05) is 23.8 Å². The van der Waals surface area contributed by atoms with E-state index in [0.29, 0.717) is 5.82 Å². The van der Waals surface area contributed by atoms with E-state index in [-0.39, 0.29) is 11.9 Å². The molecule has 2 rings (SSSR count). The maximum Gasteiger partial charge on any atom is 0.165 e. The second kappa shape index (κ2) is 4.40. The molecule has 0 spiro atoms. The number of thiophene rings is 1. The van der Waals surface area contributed by atoms with Crippen LogP contribution >= 0.6 is 11.3 Å². The maximum atomic E-state index is 13.3. The van der Waals surface area contributed by atoms with Gasteiger partial charge in [-0.3, -0.25) is 0 Å². The average Bonchev–Trinajstić information content (AvgIpc) is 2.74. The van der Waals surface area contributed by atoms with Crippen molar-refractivity contribution in [2.75, 3.05) is 5.32 Å². The van der Waals surface area contributed by atoms with Gasteiger partial charge in [0.25, 0.3) is 0 Å². The van der Waals surface area contributed by atoms with Gasteiger partial charge in [0, 0.05) is 6.20 Å². The first-order valence-electron chi connectivity index (χ1n) is 4.66. The number of hydrogen-bond donors (Lipinski definition) is 1. The van der Waals surface area contributed by atoms with Gasteiger partial charge < -0.3 is 5.32 Å². The molecular formula is C11H11FN2S. The van der Waals surface area contributed by atoms with Crippen LogP contribution in [0, 0.1) is 5.82 Å². The van der Waals surface area contributed by atoms with E-state index in [0.717, 1.165) is 5.56 Å². The van der Waals surface area contributed by atoms with E-state index in [1.54, 1.807) is 23.6 Å². The smallest absolute Gasteiger partial charge is 0.165 e. The highest BCUT2D eigenvalue weighted by atomic mass is 32.1. The van der Waals surface area contributed by atoms with Crippen molar-refractivity contribution < 1.29 is 4.39 Å². The maximum absolute atomic E-state index is 13.3. The molecule has 0 aliphatic carbocycles. The lowest BCUT2D eigenvalue weighted by molar-refractivity contribution is 0.621. The van der Waals surface area contributed by atoms with E-state index in [9.17, 15) is 4.39 Å². The normalized spacial score (nSPS) is 12.4. The zero-order valence-corrected chi connectivity index (χ0v) is 9.09. The molecule has 2 heterocycles. The molecule has 0 bridgehead atoms. The summed E-state index contributed by atoms with van der Waals surface area (Å²) < 4.78 is 13.3. The van der Waals surface area contributed by atoms with Crippen molar-refractivity contribution in [1.82, 2.24) is 4.98 Å². The van der Waals surface area contributed by atoms with Crippen LogP contribution in [-0.4, -0.2) is 4.98 Å². The lowest BCUT2D eigenvalue weighted by atomic mass is 10.2. The van der Waals surface area contributed by atoms with E-state index in [2.05, 4.69) is 10.3 Å². The molecule has 0 radical (unpaired) electrons. The molecule has 2 aromatic rings. The molecule has 0 aromatic carbocycles. The number of halogens is 1. The fourth-order valence-corrected chi connectivity index (χ4v) is 2.06. The van der Waals surface area contributed by atoms with Crippen LogP contribution in [0.1, 0.15) is 18.5 Å². The fraction of sp³-hybridized carbons (Fsp3) is 0.182. The third kappa shape index (κ3) is 2.33. The molecule has 1 N–H and O–H groups in total. The van der Waals surface area contributed by atoms with Crippen molar-refractivity contribution in [2.24, 2.45) is 0 Å². The van der Waals surface area contributed by atoms with Crippen molar-refractivity contribution in [3.63, 3.8) is 0 Å². The van der Waals surface area contributed by atoms with Gasteiger partial charge in [0.1, 0.15) is 0 Å². The van der Waals surface area contributed by atoms with Gasteiger partial charge in [-0.1, -0.05) is 0 Å². The van der Waals surface area contributed by atoms with Gasteiger partial charge >= 0.3 is 0 Å². The highest BCUT2D eigenvalue weighted by Crippen LogP contribution is 2.21. The molecule has 15 heavy (non-hydrogen) atoms. The van der Waals surface area contributed by atoms with E-state index >= 15 is 0 Å². The molecule has 0 saturated carbocycles. The quantitative estimate of drug-likeness (QED) is 0.860. The zero-order valence-electron chi connectivity index (χ0n) is 8.27. The van der Waals surface area contributed by atoms with E-state index in [1.165, 1.54) is 6.07 Å². The first-order valence-corrected chi connectivity index (χ1v) is 5.61. The molecule has 0 amide bonds. The van der Waals surface area contributed by atoms with Crippen LogP contribution in [0.25, 0.3) is 0 Å². The minimum absolute atomic E-state index is 0.0700. The highest BCUT2D eigenvalue weighted by molar-refractivity contribution is 7.07. The van der Waals surface area contributed by atoms with Crippen LogP contribution in [0.3, 0.4) is 0 Å². The number of nitrogens with one attached hydrogen (secondary N) is 1. The number of rotatable bonds is 3. The summed E-state index contributed by atoms with van der Waals surface area (Å²) in [6, 6.07) is 5.06. The monoisotopic (exact) mass is 222 g/mol. The molecule has 2 nitrogen and oxygen atoms in total. The molecular weight excluding hydrogens is 211 g/mol. The summed E-state index contributed by atoms with van der Waals surface area (Å²) in [6.45, 7) is 1.98. The number of pyridine rings is 1. The van der Waals surface area contributed by atoms with Gasteiger partial charge in [-0.15, -0.1) is 0 Å². The van der Waals surface area contributed by atoms with Crippen molar-refractivity contribution >= 4 is 17.2 Å². The molecule has 1 unspecified atom stereocenters. The summed E-state index contributed by atoms with van der Waals surface area (Å²) >= 11 is 1.63. The van der Waals surface area contributed by atoms with Gasteiger partial charge in [0.05, 0.1) is 6.04 Å². The van der Waals surface area contributed by atoms with Crippen LogP contribution in [0.5, 0.6) is 0 Å². The predicted octanol–water partition coefficient (Wildman–Crippen LogP) is 3.46. The first kappa shape index (κ1) is 10.1. The summed E-state index contributed by atoms with van der Waals surface area (Å²) in [6.07, 6.45) is 1.58. The molecule has 4 heteroatoms. The summed E-state index contributed by atoms with van der Waals surface area (Å²) in [5.41, 5.74) is 1.14. The molecule has 0 fully saturated rings. The molecule has 78 valence electrons. The molecule has 0 aliphatic heterocycles. The summed E-state index contributed by atoms with van der Waals surface area (Å²) in [4.78, 5) is 3.95. The van der Waals surface area contributed by atoms with Gasteiger partial charge in [-0.05, 0) is 41.4 Å². The molecule has 0 aliphatic rings. The summed E-state index contributed by atoms with van der Waals surface area (Å²) in [5.74, 6) is -0.0178.